The van der Waals surface area contributed by atoms with Crippen LogP contribution in [0, 0.1) is 0 Å². The number of imidazole rings is 1. The van der Waals surface area contributed by atoms with Crippen LogP contribution in [0.25, 0.3) is 0 Å². The highest BCUT2D eigenvalue weighted by Crippen LogP contribution is 1.95. The minimum atomic E-state index is -1.00. The van der Waals surface area contributed by atoms with Gasteiger partial charge in [-0.25, -0.2) is 4.98 Å². The van der Waals surface area contributed by atoms with Gasteiger partial charge in [0.2, 0.25) is 0 Å². The van der Waals surface area contributed by atoms with E-state index < -0.39 is 12.0 Å². The van der Waals surface area contributed by atoms with Crippen LogP contribution < -0.4 is 5.73 Å². The third kappa shape index (κ3) is 7.43. The monoisotopic (exact) mass is 235 g/mol. The number of nitrogens with two attached hydrogens (primary N) is 1. The molecule has 0 unspecified atom stereocenters. The van der Waals surface area contributed by atoms with Gasteiger partial charge in [0.05, 0.1) is 6.33 Å². The number of rotatable bonds is 3. The van der Waals surface area contributed by atoms with Gasteiger partial charge in [-0.15, -0.1) is 0 Å². The molecule has 1 rings (SSSR count). The maximum absolute atomic E-state index is 10.3. The maximum Gasteiger partial charge on any atom is 0.320 e. The van der Waals surface area contributed by atoms with Crippen molar-refractivity contribution in [3.05, 3.63) is 18.2 Å². The predicted octanol–water partition coefficient (Wildman–Crippen LogP) is -0.0259. The zero-order chi connectivity index (χ0) is 8.27. The van der Waals surface area contributed by atoms with Crippen molar-refractivity contribution in [2.45, 2.75) is 12.5 Å². The lowest BCUT2D eigenvalue weighted by Crippen LogP contribution is -2.32. The second-order valence-corrected chi connectivity index (χ2v) is 2.23. The standard InChI is InChI=1S/C6H9N3O2.4FH/c7-5(6(10)11)1-4-2-8-3-9-4;;;;/h2-3,5H,1,7H2,(H,8,9)(H,10,11);4*1H/t5-;;;;/m0..../s1. The van der Waals surface area contributed by atoms with E-state index in [-0.39, 0.29) is 25.2 Å². The number of hydrogen-bond acceptors (Lipinski definition) is 3. The van der Waals surface area contributed by atoms with Crippen molar-refractivity contribution in [2.24, 2.45) is 5.73 Å². The number of carboxylic acid groups (broad SMARTS) is 1. The van der Waals surface area contributed by atoms with Gasteiger partial charge in [-0.1, -0.05) is 0 Å². The molecular formula is C6H13F4N3O2. The molecule has 92 valence electrons. The minimum absolute atomic E-state index is 0. The highest BCUT2D eigenvalue weighted by molar-refractivity contribution is 5.73. The van der Waals surface area contributed by atoms with Gasteiger partial charge in [0.25, 0.3) is 0 Å². The number of nitrogens with one attached hydrogen (secondary N) is 1. The summed E-state index contributed by atoms with van der Waals surface area (Å²) in [7, 11) is 0. The lowest BCUT2D eigenvalue weighted by atomic mass is 10.2. The van der Waals surface area contributed by atoms with E-state index in [2.05, 4.69) is 9.97 Å². The summed E-state index contributed by atoms with van der Waals surface area (Å²) >= 11 is 0. The van der Waals surface area contributed by atoms with Crippen molar-refractivity contribution in [1.29, 1.82) is 0 Å². The third-order valence-corrected chi connectivity index (χ3v) is 1.31. The largest absolute Gasteiger partial charge is 0.480 e. The Labute approximate surface area is 82.2 Å². The van der Waals surface area contributed by atoms with Gasteiger partial charge in [-0.05, 0) is 0 Å². The van der Waals surface area contributed by atoms with Crippen LogP contribution in [0.3, 0.4) is 0 Å². The molecule has 0 radical (unpaired) electrons. The third-order valence-electron chi connectivity index (χ3n) is 1.31. The fourth-order valence-corrected chi connectivity index (χ4v) is 0.721. The molecule has 9 heteroatoms. The molecule has 0 spiro atoms. The second-order valence-electron chi connectivity index (χ2n) is 2.23. The van der Waals surface area contributed by atoms with Crippen LogP contribution in [0.2, 0.25) is 0 Å². The number of nitrogens with zero attached hydrogens (tertiary/aromatic N) is 1. The van der Waals surface area contributed by atoms with E-state index in [1.54, 1.807) is 6.20 Å². The average molecular weight is 235 g/mol. The summed E-state index contributed by atoms with van der Waals surface area (Å²) in [6.45, 7) is 0. The first-order chi connectivity index (χ1) is 5.20. The van der Waals surface area contributed by atoms with Gasteiger partial charge in [0.15, 0.2) is 0 Å². The molecule has 15 heavy (non-hydrogen) atoms. The summed E-state index contributed by atoms with van der Waals surface area (Å²) in [5.74, 6) is -1.00. The zero-order valence-electron chi connectivity index (χ0n) is 7.45. The predicted molar refractivity (Wildman–Crippen MR) is 47.9 cm³/mol. The molecule has 0 bridgehead atoms. The Balaban J connectivity index is -0.000000151. The van der Waals surface area contributed by atoms with Crippen molar-refractivity contribution in [1.82, 2.24) is 9.97 Å². The highest BCUT2D eigenvalue weighted by Gasteiger charge is 2.11. The number of carbonyl (C=O) groups is 1. The van der Waals surface area contributed by atoms with Crippen molar-refractivity contribution >= 4 is 5.97 Å². The Kier molecular flexibility index (Phi) is 16.2. The molecule has 0 aliphatic heterocycles. The smallest absolute Gasteiger partial charge is 0.320 e. The number of hydrogen-bond donors (Lipinski definition) is 3. The van der Waals surface area contributed by atoms with Crippen LogP contribution in [-0.4, -0.2) is 27.1 Å². The molecule has 0 aromatic carbocycles. The Morgan fingerprint density at radius 1 is 1.47 bits per heavy atom. The van der Waals surface area contributed by atoms with Gasteiger partial charge in [0, 0.05) is 18.3 Å². The van der Waals surface area contributed by atoms with Crippen LogP contribution >= 0.6 is 0 Å². The summed E-state index contributed by atoms with van der Waals surface area (Å²) < 4.78 is 0. The van der Waals surface area contributed by atoms with Crippen LogP contribution in [0.1, 0.15) is 5.69 Å². The molecule has 1 aromatic heterocycles. The lowest BCUT2D eigenvalue weighted by molar-refractivity contribution is -0.138. The first-order valence-corrected chi connectivity index (χ1v) is 3.16. The molecule has 0 saturated heterocycles. The molecule has 5 nitrogen and oxygen atoms in total. The topological polar surface area (TPSA) is 92.0 Å². The van der Waals surface area contributed by atoms with Gasteiger partial charge in [0.1, 0.15) is 6.04 Å². The Morgan fingerprint density at radius 2 is 2.00 bits per heavy atom. The summed E-state index contributed by atoms with van der Waals surface area (Å²) in [6, 6.07) is -0.851. The molecule has 0 saturated carbocycles. The summed E-state index contributed by atoms with van der Waals surface area (Å²) in [5.41, 5.74) is 6.00. The van der Waals surface area contributed by atoms with E-state index in [0.29, 0.717) is 0 Å². The van der Waals surface area contributed by atoms with E-state index in [9.17, 15) is 4.79 Å². The number of aromatic amines is 1. The van der Waals surface area contributed by atoms with E-state index in [1.165, 1.54) is 6.33 Å². The molecule has 1 heterocycles. The Hall–Kier alpha value is -1.64. The van der Waals surface area contributed by atoms with Crippen LogP contribution in [0.5, 0.6) is 0 Å². The minimum Gasteiger partial charge on any atom is -0.480 e. The lowest BCUT2D eigenvalue weighted by Gasteiger charge is -2.02. The summed E-state index contributed by atoms with van der Waals surface area (Å²) in [6.07, 6.45) is 3.34. The first kappa shape index (κ1) is 23.3. The van der Waals surface area contributed by atoms with Crippen LogP contribution in [0.15, 0.2) is 12.5 Å². The second kappa shape index (κ2) is 10.4. The maximum atomic E-state index is 10.3. The number of aromatic nitrogens is 2. The molecular weight excluding hydrogens is 222 g/mol. The molecule has 1 atom stereocenters. The SMILES string of the molecule is F.F.F.F.N[C@@H](Cc1cnc[nH]1)C(=O)O. The zero-order valence-corrected chi connectivity index (χ0v) is 7.45. The van der Waals surface area contributed by atoms with E-state index in [1.807, 2.05) is 0 Å². The Bertz CT molecular complexity index is 245. The number of H-pyrrole nitrogens is 1. The van der Waals surface area contributed by atoms with Crippen molar-refractivity contribution in [3.8, 4) is 0 Å². The normalized spacial score (nSPS) is 9.40. The van der Waals surface area contributed by atoms with Gasteiger partial charge >= 0.3 is 5.97 Å². The van der Waals surface area contributed by atoms with Gasteiger partial charge < -0.3 is 15.8 Å². The van der Waals surface area contributed by atoms with E-state index >= 15 is 0 Å². The van der Waals surface area contributed by atoms with Crippen molar-refractivity contribution < 1.29 is 28.7 Å². The molecule has 4 N–H and O–H groups in total. The van der Waals surface area contributed by atoms with E-state index in [4.69, 9.17) is 10.8 Å². The number of aliphatic carboxylic acids is 1. The van der Waals surface area contributed by atoms with Crippen molar-refractivity contribution in [2.75, 3.05) is 0 Å². The quantitative estimate of drug-likeness (QED) is 0.642. The fourth-order valence-electron chi connectivity index (χ4n) is 0.721. The van der Waals surface area contributed by atoms with Crippen molar-refractivity contribution in [3.63, 3.8) is 0 Å². The van der Waals surface area contributed by atoms with E-state index in [0.717, 1.165) is 5.69 Å². The molecule has 0 aliphatic carbocycles. The molecule has 0 amide bonds. The van der Waals surface area contributed by atoms with Crippen LogP contribution in [-0.2, 0) is 11.2 Å². The average Bonchev–Trinajstić information content (AvgIpc) is 2.39. The van der Waals surface area contributed by atoms with Gasteiger partial charge in [-0.3, -0.25) is 23.6 Å². The summed E-state index contributed by atoms with van der Waals surface area (Å²) in [4.78, 5) is 16.8. The Morgan fingerprint density at radius 3 is 2.33 bits per heavy atom. The van der Waals surface area contributed by atoms with Crippen LogP contribution in [0.4, 0.5) is 18.8 Å². The molecule has 1 aromatic rings. The first-order valence-electron chi connectivity index (χ1n) is 3.16. The number of halogens is 4. The fraction of sp³-hybridized carbons (Fsp3) is 0.333. The summed E-state index contributed by atoms with van der Waals surface area (Å²) in [5, 5.41) is 8.42. The molecule has 0 aliphatic rings. The van der Waals surface area contributed by atoms with Gasteiger partial charge in [-0.2, -0.15) is 0 Å². The molecule has 0 fully saturated rings. The number of carboxylic acids is 1. The highest BCUT2D eigenvalue weighted by atomic mass is 19.0.